The Hall–Kier alpha value is -1.81. The van der Waals surface area contributed by atoms with Crippen molar-refractivity contribution in [3.8, 4) is 6.07 Å². The van der Waals surface area contributed by atoms with E-state index in [1.807, 2.05) is 4.57 Å². The van der Waals surface area contributed by atoms with Crippen molar-refractivity contribution in [3.63, 3.8) is 0 Å². The largest absolute Gasteiger partial charge is 0.337 e. The third kappa shape index (κ3) is 3.39. The molecule has 0 aromatic carbocycles. The Bertz CT molecular complexity index is 527. The van der Waals surface area contributed by atoms with Crippen LogP contribution in [-0.2, 0) is 11.3 Å². The molecule has 20 heavy (non-hydrogen) atoms. The van der Waals surface area contributed by atoms with Gasteiger partial charge in [0.2, 0.25) is 5.91 Å². The minimum absolute atomic E-state index is 0.133. The minimum Gasteiger partial charge on any atom is -0.337 e. The van der Waals surface area contributed by atoms with E-state index in [4.69, 9.17) is 0 Å². The topological polar surface area (TPSA) is 83.6 Å². The predicted octanol–water partition coefficient (Wildman–Crippen LogP) is 1.51. The van der Waals surface area contributed by atoms with E-state index in [0.29, 0.717) is 11.7 Å². The van der Waals surface area contributed by atoms with E-state index < -0.39 is 5.54 Å². The molecule has 1 aliphatic carbocycles. The molecule has 7 heteroatoms. The molecule has 2 rings (SSSR count). The smallest absolute Gasteiger partial charge is 0.231 e. The summed E-state index contributed by atoms with van der Waals surface area (Å²) in [5.74, 6) is 0.103. The number of amides is 1. The fourth-order valence-corrected chi connectivity index (χ4v) is 3.02. The molecule has 1 aliphatic rings. The molecule has 106 valence electrons. The first kappa shape index (κ1) is 14.6. The molecule has 1 saturated carbocycles. The lowest BCUT2D eigenvalue weighted by atomic mass is 10.0. The van der Waals surface area contributed by atoms with Crippen LogP contribution in [-0.4, -0.2) is 32.0 Å². The van der Waals surface area contributed by atoms with Gasteiger partial charge < -0.3 is 9.88 Å². The summed E-state index contributed by atoms with van der Waals surface area (Å²) in [7, 11) is 0. The Morgan fingerprint density at radius 3 is 3.05 bits per heavy atom. The molecule has 0 aliphatic heterocycles. The van der Waals surface area contributed by atoms with Crippen LogP contribution < -0.4 is 5.32 Å². The normalized spacial score (nSPS) is 16.6. The van der Waals surface area contributed by atoms with Gasteiger partial charge in [-0.2, -0.15) is 5.26 Å². The number of carbonyl (C=O) groups excluding carboxylic acids is 1. The lowest BCUT2D eigenvalue weighted by molar-refractivity contribution is -0.119. The highest BCUT2D eigenvalue weighted by atomic mass is 32.2. The number of allylic oxidation sites excluding steroid dienone is 1. The molecule has 0 bridgehead atoms. The van der Waals surface area contributed by atoms with E-state index >= 15 is 0 Å². The van der Waals surface area contributed by atoms with E-state index in [0.717, 1.165) is 25.7 Å². The van der Waals surface area contributed by atoms with Crippen molar-refractivity contribution in [2.45, 2.75) is 42.9 Å². The molecule has 0 atom stereocenters. The van der Waals surface area contributed by atoms with Crippen molar-refractivity contribution in [1.82, 2.24) is 20.1 Å². The number of hydrogen-bond acceptors (Lipinski definition) is 5. The van der Waals surface area contributed by atoms with Crippen molar-refractivity contribution in [3.05, 3.63) is 19.0 Å². The van der Waals surface area contributed by atoms with Crippen LogP contribution in [0, 0.1) is 11.3 Å². The Labute approximate surface area is 122 Å². The third-order valence-corrected chi connectivity index (χ3v) is 4.27. The molecule has 0 unspecified atom stereocenters. The van der Waals surface area contributed by atoms with Gasteiger partial charge in [0.15, 0.2) is 5.16 Å². The standard InChI is InChI=1S/C13H17N5OS/c1-2-7-18-10-15-17-12(18)20-8-11(19)16-13(9-14)5-3-4-6-13/h2,10H,1,3-8H2,(H,16,19). The van der Waals surface area contributed by atoms with Gasteiger partial charge in [-0.15, -0.1) is 16.8 Å². The van der Waals surface area contributed by atoms with E-state index in [-0.39, 0.29) is 11.7 Å². The van der Waals surface area contributed by atoms with Crippen molar-refractivity contribution < 1.29 is 4.79 Å². The number of nitrogens with one attached hydrogen (secondary N) is 1. The Kier molecular flexibility index (Phi) is 4.79. The van der Waals surface area contributed by atoms with Crippen LogP contribution in [0.3, 0.4) is 0 Å². The maximum Gasteiger partial charge on any atom is 0.231 e. The number of hydrogen-bond donors (Lipinski definition) is 1. The lowest BCUT2D eigenvalue weighted by Gasteiger charge is -2.21. The summed E-state index contributed by atoms with van der Waals surface area (Å²) in [6, 6.07) is 2.25. The van der Waals surface area contributed by atoms with Crippen LogP contribution in [0.15, 0.2) is 24.1 Å². The maximum atomic E-state index is 12.0. The summed E-state index contributed by atoms with van der Waals surface area (Å²) >= 11 is 1.31. The van der Waals surface area contributed by atoms with E-state index in [1.165, 1.54) is 11.8 Å². The highest BCUT2D eigenvalue weighted by Gasteiger charge is 2.35. The highest BCUT2D eigenvalue weighted by Crippen LogP contribution is 2.29. The molecule has 6 nitrogen and oxygen atoms in total. The molecule has 1 aromatic rings. The van der Waals surface area contributed by atoms with Gasteiger partial charge in [-0.3, -0.25) is 4.79 Å². The fourth-order valence-electron chi connectivity index (χ4n) is 2.30. The van der Waals surface area contributed by atoms with Crippen molar-refractivity contribution in [2.24, 2.45) is 0 Å². The second kappa shape index (κ2) is 6.57. The van der Waals surface area contributed by atoms with Gasteiger partial charge in [0.1, 0.15) is 11.9 Å². The molecule has 1 heterocycles. The molecule has 1 aromatic heterocycles. The zero-order valence-corrected chi connectivity index (χ0v) is 12.0. The zero-order chi connectivity index (χ0) is 14.4. The molecule has 0 radical (unpaired) electrons. The summed E-state index contributed by atoms with van der Waals surface area (Å²) in [4.78, 5) is 12.0. The Morgan fingerprint density at radius 1 is 1.65 bits per heavy atom. The first-order chi connectivity index (χ1) is 9.69. The Balaban J connectivity index is 1.87. The summed E-state index contributed by atoms with van der Waals surface area (Å²) in [5, 5.41) is 20.5. The molecule has 1 N–H and O–H groups in total. The fraction of sp³-hybridized carbons (Fsp3) is 0.538. The van der Waals surface area contributed by atoms with Crippen molar-refractivity contribution >= 4 is 17.7 Å². The summed E-state index contributed by atoms with van der Waals surface area (Å²) in [6.07, 6.45) is 6.83. The molecule has 1 fully saturated rings. The van der Waals surface area contributed by atoms with Gasteiger partial charge in [0.25, 0.3) is 0 Å². The van der Waals surface area contributed by atoms with E-state index in [9.17, 15) is 10.1 Å². The highest BCUT2D eigenvalue weighted by molar-refractivity contribution is 7.99. The van der Waals surface area contributed by atoms with Crippen LogP contribution in [0.4, 0.5) is 0 Å². The van der Waals surface area contributed by atoms with Crippen LogP contribution in [0.5, 0.6) is 0 Å². The first-order valence-corrected chi connectivity index (χ1v) is 7.51. The van der Waals surface area contributed by atoms with Gasteiger partial charge in [0, 0.05) is 6.54 Å². The average Bonchev–Trinajstić information content (AvgIpc) is 3.07. The number of nitriles is 1. The van der Waals surface area contributed by atoms with E-state index in [1.54, 1.807) is 12.4 Å². The molecule has 1 amide bonds. The second-order valence-electron chi connectivity index (χ2n) is 4.79. The van der Waals surface area contributed by atoms with Crippen molar-refractivity contribution in [2.75, 3.05) is 5.75 Å². The maximum absolute atomic E-state index is 12.0. The number of thioether (sulfide) groups is 1. The summed E-state index contributed by atoms with van der Waals surface area (Å²) < 4.78 is 1.82. The van der Waals surface area contributed by atoms with Gasteiger partial charge >= 0.3 is 0 Å². The summed E-state index contributed by atoms with van der Waals surface area (Å²) in [6.45, 7) is 4.27. The van der Waals surface area contributed by atoms with Crippen LogP contribution in [0.25, 0.3) is 0 Å². The third-order valence-electron chi connectivity index (χ3n) is 3.29. The number of aromatic nitrogens is 3. The first-order valence-electron chi connectivity index (χ1n) is 6.53. The molecule has 0 saturated heterocycles. The SMILES string of the molecule is C=CCn1cnnc1SCC(=O)NC1(C#N)CCCC1. The summed E-state index contributed by atoms with van der Waals surface area (Å²) in [5.41, 5.74) is -0.660. The van der Waals surface area contributed by atoms with Crippen LogP contribution in [0.1, 0.15) is 25.7 Å². The lowest BCUT2D eigenvalue weighted by Crippen LogP contribution is -2.45. The van der Waals surface area contributed by atoms with Gasteiger partial charge in [0.05, 0.1) is 11.8 Å². The number of carbonyl (C=O) groups is 1. The second-order valence-corrected chi connectivity index (χ2v) is 5.73. The van der Waals surface area contributed by atoms with Crippen molar-refractivity contribution in [1.29, 1.82) is 5.26 Å². The number of nitrogens with zero attached hydrogens (tertiary/aromatic N) is 4. The molecular formula is C13H17N5OS. The van der Waals surface area contributed by atoms with E-state index in [2.05, 4.69) is 28.2 Å². The predicted molar refractivity (Wildman–Crippen MR) is 75.9 cm³/mol. The van der Waals surface area contributed by atoms with Crippen LogP contribution in [0.2, 0.25) is 0 Å². The van der Waals surface area contributed by atoms with Crippen LogP contribution >= 0.6 is 11.8 Å². The van der Waals surface area contributed by atoms with Gasteiger partial charge in [-0.25, -0.2) is 0 Å². The zero-order valence-electron chi connectivity index (χ0n) is 11.2. The number of rotatable bonds is 6. The minimum atomic E-state index is -0.660. The molecular weight excluding hydrogens is 274 g/mol. The quantitative estimate of drug-likeness (QED) is 0.634. The van der Waals surface area contributed by atoms with Gasteiger partial charge in [-0.05, 0) is 25.7 Å². The van der Waals surface area contributed by atoms with Gasteiger partial charge in [-0.1, -0.05) is 17.8 Å². The average molecular weight is 291 g/mol. The molecule has 0 spiro atoms. The monoisotopic (exact) mass is 291 g/mol. The Morgan fingerprint density at radius 2 is 2.40 bits per heavy atom.